The van der Waals surface area contributed by atoms with Gasteiger partial charge in [0.25, 0.3) is 10.0 Å². The van der Waals surface area contributed by atoms with Gasteiger partial charge < -0.3 is 9.88 Å². The Hall–Kier alpha value is -3.62. The van der Waals surface area contributed by atoms with Gasteiger partial charge in [0, 0.05) is 29.6 Å². The number of imidazole rings is 1. The topological polar surface area (TPSA) is 84.3 Å². The quantitative estimate of drug-likeness (QED) is 0.375. The lowest BCUT2D eigenvalue weighted by Crippen LogP contribution is -2.41. The minimum absolute atomic E-state index is 0.0586. The first-order valence-corrected chi connectivity index (χ1v) is 12.8. The van der Waals surface area contributed by atoms with Crippen molar-refractivity contribution in [2.24, 2.45) is 0 Å². The molecule has 0 fully saturated rings. The van der Waals surface area contributed by atoms with Crippen LogP contribution in [-0.2, 0) is 21.4 Å². The van der Waals surface area contributed by atoms with Gasteiger partial charge >= 0.3 is 0 Å². The van der Waals surface area contributed by atoms with Crippen molar-refractivity contribution in [3.05, 3.63) is 107 Å². The van der Waals surface area contributed by atoms with Crippen molar-refractivity contribution in [1.29, 1.82) is 0 Å². The van der Waals surface area contributed by atoms with Gasteiger partial charge in [-0.3, -0.25) is 9.10 Å². The van der Waals surface area contributed by atoms with Crippen molar-refractivity contribution in [3.63, 3.8) is 0 Å². The number of aryl methyl sites for hydroxylation is 2. The molecular formula is C26H25ClN4O3S. The molecule has 7 nitrogen and oxygen atoms in total. The summed E-state index contributed by atoms with van der Waals surface area (Å²) in [7, 11) is -4.00. The number of aromatic nitrogens is 2. The molecule has 1 N–H and O–H groups in total. The van der Waals surface area contributed by atoms with E-state index in [1.807, 2.05) is 48.0 Å². The van der Waals surface area contributed by atoms with E-state index < -0.39 is 15.9 Å². The van der Waals surface area contributed by atoms with E-state index in [-0.39, 0.29) is 18.0 Å². The Balaban J connectivity index is 1.51. The average Bonchev–Trinajstić information content (AvgIpc) is 3.28. The van der Waals surface area contributed by atoms with Gasteiger partial charge in [0.2, 0.25) is 5.91 Å². The molecule has 0 aliphatic heterocycles. The summed E-state index contributed by atoms with van der Waals surface area (Å²) in [5.74, 6) is 0.463. The molecule has 0 aliphatic rings. The Morgan fingerprint density at radius 2 is 1.69 bits per heavy atom. The first-order valence-electron chi connectivity index (χ1n) is 11.0. The molecule has 0 saturated heterocycles. The number of sulfonamides is 1. The molecule has 0 radical (unpaired) electrons. The summed E-state index contributed by atoms with van der Waals surface area (Å²) in [4.78, 5) is 17.2. The normalized spacial score (nSPS) is 11.3. The van der Waals surface area contributed by atoms with Gasteiger partial charge in [0.05, 0.1) is 10.6 Å². The van der Waals surface area contributed by atoms with E-state index in [2.05, 4.69) is 10.3 Å². The smallest absolute Gasteiger partial charge is 0.264 e. The zero-order chi connectivity index (χ0) is 25.0. The highest BCUT2D eigenvalue weighted by Crippen LogP contribution is 2.27. The predicted octanol–water partition coefficient (Wildman–Crippen LogP) is 4.65. The van der Waals surface area contributed by atoms with Gasteiger partial charge in [0.15, 0.2) is 0 Å². The Kier molecular flexibility index (Phi) is 7.23. The first-order chi connectivity index (χ1) is 16.8. The summed E-state index contributed by atoms with van der Waals surface area (Å²) < 4.78 is 30.1. The molecule has 4 aromatic rings. The largest absolute Gasteiger partial charge is 0.350 e. The zero-order valence-corrected chi connectivity index (χ0v) is 20.9. The standard InChI is InChI=1S/C26H25ClN4O3S/c1-19-5-3-4-6-25(19)31(35(33,34)24-13-9-22(27)10-14-24)18-26(32)29-17-21-7-11-23(12-8-21)30-16-15-28-20(30)2/h3-16H,17-18H2,1-2H3,(H,29,32). The molecule has 1 aromatic heterocycles. The van der Waals surface area contributed by atoms with Crippen LogP contribution in [0, 0.1) is 13.8 Å². The Labute approximate surface area is 210 Å². The van der Waals surface area contributed by atoms with Gasteiger partial charge in [-0.1, -0.05) is 41.9 Å². The second kappa shape index (κ2) is 10.3. The van der Waals surface area contributed by atoms with Gasteiger partial charge in [-0.25, -0.2) is 13.4 Å². The van der Waals surface area contributed by atoms with Gasteiger partial charge in [-0.15, -0.1) is 0 Å². The minimum atomic E-state index is -4.00. The van der Waals surface area contributed by atoms with E-state index in [4.69, 9.17) is 11.6 Å². The maximum absolute atomic E-state index is 13.5. The second-order valence-corrected chi connectivity index (χ2v) is 10.3. The summed E-state index contributed by atoms with van der Waals surface area (Å²) in [6, 6.07) is 20.7. The third-order valence-corrected chi connectivity index (χ3v) is 7.63. The van der Waals surface area contributed by atoms with Crippen molar-refractivity contribution in [2.45, 2.75) is 25.3 Å². The average molecular weight is 509 g/mol. The summed E-state index contributed by atoms with van der Waals surface area (Å²) >= 11 is 5.94. The number of rotatable bonds is 8. The number of hydrogen-bond acceptors (Lipinski definition) is 4. The number of nitrogens with one attached hydrogen (secondary N) is 1. The SMILES string of the molecule is Cc1ccccc1N(CC(=O)NCc1ccc(-n2ccnc2C)cc1)S(=O)(=O)c1ccc(Cl)cc1. The number of anilines is 1. The van der Waals surface area contributed by atoms with Gasteiger partial charge in [0.1, 0.15) is 12.4 Å². The minimum Gasteiger partial charge on any atom is -0.350 e. The monoisotopic (exact) mass is 508 g/mol. The van der Waals surface area contributed by atoms with Crippen LogP contribution in [-0.4, -0.2) is 30.4 Å². The van der Waals surface area contributed by atoms with E-state index in [1.54, 1.807) is 31.3 Å². The number of carbonyl (C=O) groups excluding carboxylic acids is 1. The fraction of sp³-hybridized carbons (Fsp3) is 0.154. The summed E-state index contributed by atoms with van der Waals surface area (Å²) in [5, 5.41) is 3.26. The summed E-state index contributed by atoms with van der Waals surface area (Å²) in [6.45, 7) is 3.64. The highest BCUT2D eigenvalue weighted by atomic mass is 35.5. The van der Waals surface area contributed by atoms with Crippen molar-refractivity contribution in [2.75, 3.05) is 10.8 Å². The molecule has 0 saturated carbocycles. The third kappa shape index (κ3) is 5.55. The van der Waals surface area contributed by atoms with E-state index in [0.29, 0.717) is 10.7 Å². The highest BCUT2D eigenvalue weighted by Gasteiger charge is 2.28. The van der Waals surface area contributed by atoms with Crippen molar-refractivity contribution in [1.82, 2.24) is 14.9 Å². The van der Waals surface area contributed by atoms with E-state index in [0.717, 1.165) is 26.9 Å². The summed E-state index contributed by atoms with van der Waals surface area (Å²) in [6.07, 6.45) is 3.62. The molecule has 180 valence electrons. The number of halogens is 1. The number of nitrogens with zero attached hydrogens (tertiary/aromatic N) is 3. The lowest BCUT2D eigenvalue weighted by molar-refractivity contribution is -0.119. The maximum atomic E-state index is 13.5. The lowest BCUT2D eigenvalue weighted by atomic mass is 10.2. The number of benzene rings is 3. The van der Waals surface area contributed by atoms with Crippen LogP contribution in [0.15, 0.2) is 90.1 Å². The van der Waals surface area contributed by atoms with Crippen LogP contribution >= 0.6 is 11.6 Å². The molecule has 0 atom stereocenters. The van der Waals surface area contributed by atoms with Crippen LogP contribution in [0.2, 0.25) is 5.02 Å². The fourth-order valence-corrected chi connectivity index (χ4v) is 5.30. The van der Waals surface area contributed by atoms with Crippen LogP contribution in [0.25, 0.3) is 5.69 Å². The molecule has 4 rings (SSSR count). The number of para-hydroxylation sites is 1. The van der Waals surface area contributed by atoms with Crippen molar-refractivity contribution in [3.8, 4) is 5.69 Å². The highest BCUT2D eigenvalue weighted by molar-refractivity contribution is 7.92. The molecule has 0 unspecified atom stereocenters. The second-order valence-electron chi connectivity index (χ2n) is 8.04. The molecule has 0 spiro atoms. The number of amides is 1. The van der Waals surface area contributed by atoms with Gasteiger partial charge in [-0.05, 0) is 67.4 Å². The fourth-order valence-electron chi connectivity index (χ4n) is 3.69. The number of carbonyl (C=O) groups is 1. The van der Waals surface area contributed by atoms with Crippen molar-refractivity contribution < 1.29 is 13.2 Å². The molecule has 9 heteroatoms. The lowest BCUT2D eigenvalue weighted by Gasteiger charge is -2.25. The molecular weight excluding hydrogens is 484 g/mol. The van der Waals surface area contributed by atoms with Crippen LogP contribution in [0.5, 0.6) is 0 Å². The predicted molar refractivity (Wildman–Crippen MR) is 137 cm³/mol. The molecule has 35 heavy (non-hydrogen) atoms. The van der Waals surface area contributed by atoms with Crippen LogP contribution in [0.4, 0.5) is 5.69 Å². The molecule has 1 heterocycles. The first kappa shape index (κ1) is 24.5. The molecule has 0 aliphatic carbocycles. The summed E-state index contributed by atoms with van der Waals surface area (Å²) in [5.41, 5.74) is 3.04. The van der Waals surface area contributed by atoms with Crippen LogP contribution < -0.4 is 9.62 Å². The van der Waals surface area contributed by atoms with Crippen LogP contribution in [0.1, 0.15) is 17.0 Å². The van der Waals surface area contributed by atoms with Crippen LogP contribution in [0.3, 0.4) is 0 Å². The van der Waals surface area contributed by atoms with E-state index >= 15 is 0 Å². The van der Waals surface area contributed by atoms with E-state index in [9.17, 15) is 13.2 Å². The van der Waals surface area contributed by atoms with Crippen molar-refractivity contribution >= 4 is 33.2 Å². The molecule has 3 aromatic carbocycles. The van der Waals surface area contributed by atoms with E-state index in [1.165, 1.54) is 24.3 Å². The Bertz CT molecular complexity index is 1430. The Morgan fingerprint density at radius 3 is 2.31 bits per heavy atom. The Morgan fingerprint density at radius 1 is 1.00 bits per heavy atom. The van der Waals surface area contributed by atoms with Gasteiger partial charge in [-0.2, -0.15) is 0 Å². The molecule has 0 bridgehead atoms. The number of hydrogen-bond donors (Lipinski definition) is 1. The third-order valence-electron chi connectivity index (χ3n) is 5.60. The maximum Gasteiger partial charge on any atom is 0.264 e. The zero-order valence-electron chi connectivity index (χ0n) is 19.3. The molecule has 1 amide bonds.